The fourth-order valence-electron chi connectivity index (χ4n) is 2.41. The zero-order valence-corrected chi connectivity index (χ0v) is 12.3. The van der Waals surface area contributed by atoms with E-state index in [1.807, 2.05) is 13.0 Å². The summed E-state index contributed by atoms with van der Waals surface area (Å²) in [5.74, 6) is 0.0663. The van der Waals surface area contributed by atoms with Crippen molar-refractivity contribution >= 4 is 15.9 Å². The molecule has 0 radical (unpaired) electrons. The smallest absolute Gasteiger partial charge is 0.331 e. The molecule has 2 unspecified atom stereocenters. The summed E-state index contributed by atoms with van der Waals surface area (Å²) in [6, 6.07) is 7.05. The Balaban J connectivity index is 2.30. The molecule has 1 aliphatic carbocycles. The molecule has 104 valence electrons. The Kier molecular flexibility index (Phi) is 3.05. The van der Waals surface area contributed by atoms with Gasteiger partial charge in [0.1, 0.15) is 5.56 Å². The molecule has 1 aliphatic rings. The average Bonchev–Trinajstić information content (AvgIpc) is 3.08. The Bertz CT molecular complexity index is 794. The van der Waals surface area contributed by atoms with E-state index >= 15 is 0 Å². The van der Waals surface area contributed by atoms with Crippen molar-refractivity contribution in [3.8, 4) is 17.0 Å². The summed E-state index contributed by atoms with van der Waals surface area (Å²) in [5.41, 5.74) is -0.453. The number of nitrogens with zero attached hydrogens (tertiary/aromatic N) is 1. The molecule has 2 atom stereocenters. The van der Waals surface area contributed by atoms with Crippen LogP contribution in [0.4, 0.5) is 0 Å². The van der Waals surface area contributed by atoms with Crippen molar-refractivity contribution in [1.82, 2.24) is 9.55 Å². The van der Waals surface area contributed by atoms with Crippen molar-refractivity contribution in [2.45, 2.75) is 19.4 Å². The molecule has 1 fully saturated rings. The number of aromatic nitrogens is 2. The highest BCUT2D eigenvalue weighted by Gasteiger charge is 2.38. The molecule has 1 saturated carbocycles. The lowest BCUT2D eigenvalue weighted by molar-refractivity contribution is 0.400. The zero-order valence-electron chi connectivity index (χ0n) is 10.8. The minimum Gasteiger partial charge on any atom is -0.494 e. The van der Waals surface area contributed by atoms with Crippen LogP contribution in [0.25, 0.3) is 11.1 Å². The van der Waals surface area contributed by atoms with E-state index in [0.29, 0.717) is 16.0 Å². The first kappa shape index (κ1) is 13.2. The van der Waals surface area contributed by atoms with Gasteiger partial charge in [0.15, 0.2) is 0 Å². The Morgan fingerprint density at radius 1 is 1.35 bits per heavy atom. The summed E-state index contributed by atoms with van der Waals surface area (Å²) in [4.78, 5) is 26.2. The number of benzene rings is 1. The fraction of sp³-hybridized carbons (Fsp3) is 0.286. The predicted molar refractivity (Wildman–Crippen MR) is 78.9 cm³/mol. The molecule has 1 heterocycles. The number of aromatic hydroxyl groups is 1. The van der Waals surface area contributed by atoms with E-state index in [0.717, 1.165) is 6.42 Å². The molecular weight excluding hydrogens is 324 g/mol. The number of rotatable bonds is 2. The number of aromatic amines is 1. The number of hydrogen-bond acceptors (Lipinski definition) is 3. The van der Waals surface area contributed by atoms with Crippen molar-refractivity contribution in [3.63, 3.8) is 0 Å². The molecule has 0 saturated heterocycles. The van der Waals surface area contributed by atoms with E-state index < -0.39 is 11.2 Å². The Morgan fingerprint density at radius 3 is 2.60 bits per heavy atom. The van der Waals surface area contributed by atoms with Gasteiger partial charge in [-0.05, 0) is 18.4 Å². The van der Waals surface area contributed by atoms with Gasteiger partial charge in [0.2, 0.25) is 5.88 Å². The summed E-state index contributed by atoms with van der Waals surface area (Å²) in [7, 11) is 0. The van der Waals surface area contributed by atoms with Gasteiger partial charge in [0.05, 0.1) is 0 Å². The van der Waals surface area contributed by atoms with Gasteiger partial charge in [0.25, 0.3) is 5.56 Å². The molecule has 6 heteroatoms. The van der Waals surface area contributed by atoms with Gasteiger partial charge in [-0.3, -0.25) is 14.3 Å². The lowest BCUT2D eigenvalue weighted by atomic mass is 10.1. The van der Waals surface area contributed by atoms with Gasteiger partial charge in [-0.15, -0.1) is 0 Å². The van der Waals surface area contributed by atoms with Crippen molar-refractivity contribution in [2.75, 3.05) is 0 Å². The highest BCUT2D eigenvalue weighted by atomic mass is 79.9. The minimum absolute atomic E-state index is 0.0411. The summed E-state index contributed by atoms with van der Waals surface area (Å²) in [6.07, 6.45) is 0.828. The van der Waals surface area contributed by atoms with Gasteiger partial charge in [-0.25, -0.2) is 4.79 Å². The normalized spacial score (nSPS) is 20.9. The maximum absolute atomic E-state index is 12.0. The van der Waals surface area contributed by atoms with Crippen LogP contribution >= 0.6 is 15.9 Å². The van der Waals surface area contributed by atoms with E-state index in [-0.39, 0.29) is 17.5 Å². The van der Waals surface area contributed by atoms with Crippen LogP contribution in [0.3, 0.4) is 0 Å². The molecule has 1 aromatic carbocycles. The highest BCUT2D eigenvalue weighted by molar-refractivity contribution is 9.10. The van der Waals surface area contributed by atoms with Crippen LogP contribution in [0.1, 0.15) is 19.4 Å². The first-order chi connectivity index (χ1) is 9.50. The molecule has 0 spiro atoms. The number of halogens is 1. The van der Waals surface area contributed by atoms with E-state index in [9.17, 15) is 14.7 Å². The molecule has 5 nitrogen and oxygen atoms in total. The van der Waals surface area contributed by atoms with Gasteiger partial charge < -0.3 is 5.11 Å². The van der Waals surface area contributed by atoms with E-state index in [2.05, 4.69) is 20.9 Å². The second-order valence-electron chi connectivity index (χ2n) is 5.09. The van der Waals surface area contributed by atoms with Gasteiger partial charge in [-0.2, -0.15) is 0 Å². The van der Waals surface area contributed by atoms with Gasteiger partial charge >= 0.3 is 5.69 Å². The quantitative estimate of drug-likeness (QED) is 0.883. The third kappa shape index (κ3) is 2.00. The summed E-state index contributed by atoms with van der Waals surface area (Å²) in [5, 5.41) is 10.4. The van der Waals surface area contributed by atoms with Crippen LogP contribution in [0, 0.1) is 5.92 Å². The fourth-order valence-corrected chi connectivity index (χ4v) is 2.90. The first-order valence-corrected chi connectivity index (χ1v) is 7.12. The maximum atomic E-state index is 12.0. The summed E-state index contributed by atoms with van der Waals surface area (Å²) < 4.78 is 1.97. The second kappa shape index (κ2) is 4.63. The molecule has 0 aliphatic heterocycles. The molecular formula is C14H13BrN2O3. The van der Waals surface area contributed by atoms with Gasteiger partial charge in [-0.1, -0.05) is 41.1 Å². The molecule has 3 rings (SSSR count). The lowest BCUT2D eigenvalue weighted by Crippen LogP contribution is -2.30. The van der Waals surface area contributed by atoms with Crippen molar-refractivity contribution < 1.29 is 5.11 Å². The number of H-pyrrole nitrogens is 1. The van der Waals surface area contributed by atoms with E-state index in [4.69, 9.17) is 0 Å². The second-order valence-corrected chi connectivity index (χ2v) is 5.94. The molecule has 2 N–H and O–H groups in total. The maximum Gasteiger partial charge on any atom is 0.331 e. The van der Waals surface area contributed by atoms with Crippen molar-refractivity contribution in [3.05, 3.63) is 49.6 Å². The van der Waals surface area contributed by atoms with E-state index in [1.54, 1.807) is 18.2 Å². The third-order valence-corrected chi connectivity index (χ3v) is 4.35. The Labute approximate surface area is 123 Å². The zero-order chi connectivity index (χ0) is 14.4. The first-order valence-electron chi connectivity index (χ1n) is 6.33. The third-order valence-electron chi connectivity index (χ3n) is 3.66. The van der Waals surface area contributed by atoms with Gasteiger partial charge in [0, 0.05) is 16.1 Å². The van der Waals surface area contributed by atoms with Crippen LogP contribution in [-0.2, 0) is 0 Å². The van der Waals surface area contributed by atoms with Crippen LogP contribution in [-0.4, -0.2) is 14.7 Å². The van der Waals surface area contributed by atoms with Crippen LogP contribution in [0.2, 0.25) is 0 Å². The number of nitrogens with one attached hydrogen (secondary N) is 1. The minimum atomic E-state index is -0.580. The van der Waals surface area contributed by atoms with E-state index in [1.165, 1.54) is 4.57 Å². The molecule has 0 amide bonds. The van der Waals surface area contributed by atoms with Crippen LogP contribution in [0.5, 0.6) is 5.88 Å². The molecule has 1 aromatic heterocycles. The largest absolute Gasteiger partial charge is 0.494 e. The number of hydrogen-bond donors (Lipinski definition) is 2. The Hall–Kier alpha value is -1.82. The Morgan fingerprint density at radius 2 is 2.00 bits per heavy atom. The topological polar surface area (TPSA) is 75.1 Å². The molecule has 0 bridgehead atoms. The molecule has 20 heavy (non-hydrogen) atoms. The molecule has 2 aromatic rings. The monoisotopic (exact) mass is 336 g/mol. The standard InChI is InChI=1S/C14H13BrN2O3/c1-7-6-10(7)17-13(19)11(12(18)16-14(17)20)8-4-2-3-5-9(8)15/h2-5,7,10,19H,6H2,1H3,(H,16,18,20). The SMILES string of the molecule is CC1CC1n1c(O)c(-c2ccccc2Br)c(=O)[nH]c1=O. The van der Waals surface area contributed by atoms with Crippen LogP contribution in [0.15, 0.2) is 38.3 Å². The predicted octanol–water partition coefficient (Wildman–Crippen LogP) is 2.25. The summed E-state index contributed by atoms with van der Waals surface area (Å²) in [6.45, 7) is 2.00. The average molecular weight is 337 g/mol. The van der Waals surface area contributed by atoms with Crippen LogP contribution < -0.4 is 11.2 Å². The lowest BCUT2D eigenvalue weighted by Gasteiger charge is -2.12. The van der Waals surface area contributed by atoms with Crippen molar-refractivity contribution in [2.24, 2.45) is 5.92 Å². The highest BCUT2D eigenvalue weighted by Crippen LogP contribution is 2.44. The summed E-state index contributed by atoms with van der Waals surface area (Å²) >= 11 is 3.36. The van der Waals surface area contributed by atoms with Crippen molar-refractivity contribution in [1.29, 1.82) is 0 Å².